The van der Waals surface area contributed by atoms with Crippen LogP contribution < -0.4 is 9.47 Å². The Kier molecular flexibility index (Phi) is 5.61. The van der Waals surface area contributed by atoms with Gasteiger partial charge < -0.3 is 19.3 Å². The zero-order chi connectivity index (χ0) is 19.4. The van der Waals surface area contributed by atoms with Crippen LogP contribution in [0.3, 0.4) is 0 Å². The van der Waals surface area contributed by atoms with Gasteiger partial charge in [0.2, 0.25) is 5.91 Å². The highest BCUT2D eigenvalue weighted by molar-refractivity contribution is 5.97. The van der Waals surface area contributed by atoms with E-state index in [1.54, 1.807) is 18.2 Å². The highest BCUT2D eigenvalue weighted by atomic mass is 16.6. The average molecular weight is 371 g/mol. The number of cyclic esters (lactones) is 1. The molecule has 0 saturated carbocycles. The molecule has 2 amide bonds. The summed E-state index contributed by atoms with van der Waals surface area (Å²) in [5, 5.41) is 9.87. The molecule has 1 aliphatic rings. The van der Waals surface area contributed by atoms with E-state index >= 15 is 0 Å². The Hall–Kier alpha value is -3.06. The second kappa shape index (κ2) is 8.09. The molecule has 1 aliphatic heterocycles. The van der Waals surface area contributed by atoms with E-state index in [-0.39, 0.29) is 6.61 Å². The first-order chi connectivity index (χ1) is 13.1. The topological polar surface area (TPSA) is 85.3 Å². The van der Waals surface area contributed by atoms with E-state index in [0.29, 0.717) is 17.1 Å². The molecule has 2 atom stereocenters. The molecule has 0 bridgehead atoms. The van der Waals surface area contributed by atoms with Gasteiger partial charge in [-0.05, 0) is 23.3 Å². The molecular formula is C20H21NO6. The van der Waals surface area contributed by atoms with E-state index in [4.69, 9.17) is 14.2 Å². The number of hydrogen-bond donors (Lipinski definition) is 1. The number of ether oxygens (including phenoxy) is 3. The van der Waals surface area contributed by atoms with Crippen LogP contribution in [0.2, 0.25) is 0 Å². The zero-order valence-corrected chi connectivity index (χ0v) is 15.1. The van der Waals surface area contributed by atoms with Crippen molar-refractivity contribution >= 4 is 12.0 Å². The van der Waals surface area contributed by atoms with E-state index in [1.807, 2.05) is 30.3 Å². The van der Waals surface area contributed by atoms with E-state index in [9.17, 15) is 14.7 Å². The van der Waals surface area contributed by atoms with Crippen LogP contribution in [0.5, 0.6) is 11.5 Å². The smallest absolute Gasteiger partial charge is 0.417 e. The lowest BCUT2D eigenvalue weighted by atomic mass is 9.96. The first kappa shape index (κ1) is 18.7. The summed E-state index contributed by atoms with van der Waals surface area (Å²) in [6.07, 6.45) is -0.715. The van der Waals surface area contributed by atoms with Crippen LogP contribution in [0, 0.1) is 0 Å². The Morgan fingerprint density at radius 1 is 1.19 bits per heavy atom. The summed E-state index contributed by atoms with van der Waals surface area (Å²) in [6.45, 7) is -0.377. The Bertz CT molecular complexity index is 822. The number of benzene rings is 2. The number of methoxy groups -OCH3 is 2. The third kappa shape index (κ3) is 3.59. The number of imide groups is 1. The lowest BCUT2D eigenvalue weighted by Gasteiger charge is -2.24. The number of amides is 2. The van der Waals surface area contributed by atoms with Gasteiger partial charge in [0.15, 0.2) is 11.5 Å². The molecule has 2 aromatic rings. The van der Waals surface area contributed by atoms with Crippen LogP contribution in [-0.4, -0.2) is 49.4 Å². The first-order valence-electron chi connectivity index (χ1n) is 8.48. The molecule has 7 nitrogen and oxygen atoms in total. The minimum absolute atomic E-state index is 0.0820. The van der Waals surface area contributed by atoms with Gasteiger partial charge in [0.25, 0.3) is 0 Å². The zero-order valence-electron chi connectivity index (χ0n) is 15.1. The second-order valence-electron chi connectivity index (χ2n) is 6.06. The molecule has 0 aliphatic carbocycles. The van der Waals surface area contributed by atoms with Crippen molar-refractivity contribution in [3.63, 3.8) is 0 Å². The number of nitrogens with zero attached hydrogens (tertiary/aromatic N) is 1. The highest BCUT2D eigenvalue weighted by Crippen LogP contribution is 2.34. The number of aliphatic hydroxyl groups is 1. The number of carbonyl (C=O) groups excluding carboxylic acids is 2. The van der Waals surface area contributed by atoms with Gasteiger partial charge in [0.05, 0.1) is 26.7 Å². The average Bonchev–Trinajstić information content (AvgIpc) is 3.10. The maximum Gasteiger partial charge on any atom is 0.417 e. The van der Waals surface area contributed by atoms with E-state index in [2.05, 4.69) is 0 Å². The lowest BCUT2D eigenvalue weighted by Crippen LogP contribution is -2.38. The largest absolute Gasteiger partial charge is 0.493 e. The molecule has 3 rings (SSSR count). The third-order valence-electron chi connectivity index (χ3n) is 4.59. The minimum Gasteiger partial charge on any atom is -0.493 e. The van der Waals surface area contributed by atoms with Gasteiger partial charge >= 0.3 is 6.09 Å². The van der Waals surface area contributed by atoms with E-state index in [1.165, 1.54) is 14.2 Å². The van der Waals surface area contributed by atoms with E-state index in [0.717, 1.165) is 10.5 Å². The molecule has 1 saturated heterocycles. The van der Waals surface area contributed by atoms with Crippen molar-refractivity contribution in [1.82, 2.24) is 4.90 Å². The van der Waals surface area contributed by atoms with Gasteiger partial charge in [-0.2, -0.15) is 0 Å². The molecule has 7 heteroatoms. The minimum atomic E-state index is -0.929. The molecule has 1 heterocycles. The van der Waals surface area contributed by atoms with Gasteiger partial charge in [0, 0.05) is 0 Å². The predicted molar refractivity (Wildman–Crippen MR) is 96.7 cm³/mol. The normalized spacial score (nSPS) is 17.4. The van der Waals surface area contributed by atoms with E-state index < -0.39 is 30.6 Å². The standard InChI is InChI=1S/C20H21NO6/c1-25-17-9-8-14(10-18(17)26-2)15(11-22)19(23)21-16(12-27-20(21)24)13-6-4-3-5-7-13/h3-10,15-16,22H,11-12H2,1-2H3/t15-,16+/m0/s1. The van der Waals surface area contributed by atoms with Crippen molar-refractivity contribution in [3.05, 3.63) is 59.7 Å². The summed E-state index contributed by atoms with van der Waals surface area (Å²) in [5.41, 5.74) is 1.31. The highest BCUT2D eigenvalue weighted by Gasteiger charge is 2.42. The fourth-order valence-corrected chi connectivity index (χ4v) is 3.15. The summed E-state index contributed by atoms with van der Waals surface area (Å²) >= 11 is 0. The molecule has 0 unspecified atom stereocenters. The van der Waals surface area contributed by atoms with Crippen molar-refractivity contribution in [2.45, 2.75) is 12.0 Å². The van der Waals surface area contributed by atoms with Crippen molar-refractivity contribution in [2.24, 2.45) is 0 Å². The van der Waals surface area contributed by atoms with Gasteiger partial charge in [-0.15, -0.1) is 0 Å². The lowest BCUT2D eigenvalue weighted by molar-refractivity contribution is -0.131. The van der Waals surface area contributed by atoms with Crippen molar-refractivity contribution < 1.29 is 28.9 Å². The summed E-state index contributed by atoms with van der Waals surface area (Å²) in [6, 6.07) is 13.6. The Labute approximate surface area is 157 Å². The molecule has 2 aromatic carbocycles. The van der Waals surface area contributed by atoms with Crippen molar-refractivity contribution in [2.75, 3.05) is 27.4 Å². The van der Waals surface area contributed by atoms with Crippen molar-refractivity contribution in [3.8, 4) is 11.5 Å². The van der Waals surface area contributed by atoms with Crippen LogP contribution in [0.25, 0.3) is 0 Å². The molecule has 1 fully saturated rings. The van der Waals surface area contributed by atoms with Crippen LogP contribution in [0.4, 0.5) is 4.79 Å². The Morgan fingerprint density at radius 3 is 2.52 bits per heavy atom. The summed E-state index contributed by atoms with van der Waals surface area (Å²) < 4.78 is 15.6. The molecule has 1 N–H and O–H groups in total. The van der Waals surface area contributed by atoms with Gasteiger partial charge in [-0.3, -0.25) is 4.79 Å². The third-order valence-corrected chi connectivity index (χ3v) is 4.59. The number of rotatable bonds is 6. The molecule has 27 heavy (non-hydrogen) atoms. The Morgan fingerprint density at radius 2 is 1.89 bits per heavy atom. The first-order valence-corrected chi connectivity index (χ1v) is 8.48. The van der Waals surface area contributed by atoms with Gasteiger partial charge in [0.1, 0.15) is 12.6 Å². The summed E-state index contributed by atoms with van der Waals surface area (Å²) in [4.78, 5) is 26.4. The molecule has 0 radical (unpaired) electrons. The van der Waals surface area contributed by atoms with Crippen LogP contribution in [-0.2, 0) is 9.53 Å². The maximum absolute atomic E-state index is 13.1. The van der Waals surface area contributed by atoms with Crippen LogP contribution in [0.15, 0.2) is 48.5 Å². The summed E-state index contributed by atoms with van der Waals surface area (Å²) in [7, 11) is 3.00. The number of aliphatic hydroxyl groups excluding tert-OH is 1. The molecule has 0 aromatic heterocycles. The fourth-order valence-electron chi connectivity index (χ4n) is 3.15. The monoisotopic (exact) mass is 371 g/mol. The maximum atomic E-state index is 13.1. The van der Waals surface area contributed by atoms with Gasteiger partial charge in [-0.25, -0.2) is 9.69 Å². The summed E-state index contributed by atoms with van der Waals surface area (Å²) in [5.74, 6) is -0.513. The molecular weight excluding hydrogens is 350 g/mol. The van der Waals surface area contributed by atoms with Crippen LogP contribution in [0.1, 0.15) is 23.1 Å². The predicted octanol–water partition coefficient (Wildman–Crippen LogP) is 2.50. The second-order valence-corrected chi connectivity index (χ2v) is 6.06. The molecule has 0 spiro atoms. The number of hydrogen-bond acceptors (Lipinski definition) is 6. The number of carbonyl (C=O) groups is 2. The van der Waals surface area contributed by atoms with Crippen LogP contribution >= 0.6 is 0 Å². The SMILES string of the molecule is COc1ccc([C@H](CO)C(=O)N2C(=O)OC[C@@H]2c2ccccc2)cc1OC. The quantitative estimate of drug-likeness (QED) is 0.840. The fraction of sp³-hybridized carbons (Fsp3) is 0.300. The van der Waals surface area contributed by atoms with Gasteiger partial charge in [-0.1, -0.05) is 36.4 Å². The van der Waals surface area contributed by atoms with Crippen molar-refractivity contribution in [1.29, 1.82) is 0 Å². The molecule has 142 valence electrons. The Balaban J connectivity index is 1.93.